The van der Waals surface area contributed by atoms with E-state index in [1.54, 1.807) is 6.07 Å². The van der Waals surface area contributed by atoms with Crippen LogP contribution in [0, 0.1) is 18.8 Å². The minimum absolute atomic E-state index is 0.106. The van der Waals surface area contributed by atoms with Crippen LogP contribution in [-0.2, 0) is 10.0 Å². The van der Waals surface area contributed by atoms with E-state index in [4.69, 9.17) is 0 Å². The van der Waals surface area contributed by atoms with Gasteiger partial charge in [0.25, 0.3) is 0 Å². The molecule has 3 unspecified atom stereocenters. The zero-order valence-electron chi connectivity index (χ0n) is 11.3. The maximum atomic E-state index is 12.7. The molecule has 1 heterocycles. The molecule has 1 saturated heterocycles. The predicted molar refractivity (Wildman–Crippen MR) is 79.9 cm³/mol. The molecule has 20 heavy (non-hydrogen) atoms. The molecule has 6 heteroatoms. The molecule has 2 aliphatic rings. The summed E-state index contributed by atoms with van der Waals surface area (Å²) in [5.41, 5.74) is 1.02. The number of benzene rings is 1. The second-order valence-electron chi connectivity index (χ2n) is 5.82. The third kappa shape index (κ3) is 2.32. The van der Waals surface area contributed by atoms with Gasteiger partial charge < -0.3 is 5.11 Å². The van der Waals surface area contributed by atoms with E-state index in [1.807, 2.05) is 19.1 Å². The van der Waals surface area contributed by atoms with Gasteiger partial charge in [0.15, 0.2) is 0 Å². The molecule has 3 atom stereocenters. The maximum absolute atomic E-state index is 12.7. The number of rotatable bonds is 2. The third-order valence-electron chi connectivity index (χ3n) is 4.49. The summed E-state index contributed by atoms with van der Waals surface area (Å²) in [5, 5.41) is 9.91. The van der Waals surface area contributed by atoms with Crippen LogP contribution < -0.4 is 0 Å². The summed E-state index contributed by atoms with van der Waals surface area (Å²) < 4.78 is 27.6. The predicted octanol–water partition coefficient (Wildman–Crippen LogP) is 2.15. The fourth-order valence-corrected chi connectivity index (χ4v) is 6.03. The molecule has 1 aromatic carbocycles. The number of nitrogens with zero attached hydrogens (tertiary/aromatic N) is 1. The monoisotopic (exact) mass is 359 g/mol. The van der Waals surface area contributed by atoms with Crippen LogP contribution in [-0.4, -0.2) is 37.0 Å². The molecule has 0 spiro atoms. The van der Waals surface area contributed by atoms with E-state index in [0.717, 1.165) is 18.4 Å². The Hall–Kier alpha value is -0.430. The minimum Gasteiger partial charge on any atom is -0.393 e. The highest BCUT2D eigenvalue weighted by atomic mass is 79.9. The molecule has 1 saturated carbocycles. The molecule has 0 aromatic heterocycles. The van der Waals surface area contributed by atoms with Gasteiger partial charge in [-0.1, -0.05) is 6.07 Å². The lowest BCUT2D eigenvalue weighted by molar-refractivity contribution is 0.129. The highest BCUT2D eigenvalue weighted by Crippen LogP contribution is 2.40. The number of sulfonamides is 1. The average Bonchev–Trinajstić information content (AvgIpc) is 2.92. The topological polar surface area (TPSA) is 57.6 Å². The van der Waals surface area contributed by atoms with E-state index in [-0.39, 0.29) is 12.0 Å². The van der Waals surface area contributed by atoms with Gasteiger partial charge in [-0.3, -0.25) is 0 Å². The van der Waals surface area contributed by atoms with Crippen LogP contribution in [0.3, 0.4) is 0 Å². The molecular weight excluding hydrogens is 342 g/mol. The fourth-order valence-electron chi connectivity index (χ4n) is 3.35. The van der Waals surface area contributed by atoms with Crippen LogP contribution in [0.15, 0.2) is 27.6 Å². The van der Waals surface area contributed by atoms with Crippen LogP contribution >= 0.6 is 15.9 Å². The Balaban J connectivity index is 1.90. The molecule has 0 bridgehead atoms. The molecule has 0 amide bonds. The molecule has 1 aliphatic carbocycles. The average molecular weight is 360 g/mol. The van der Waals surface area contributed by atoms with Crippen molar-refractivity contribution in [3.05, 3.63) is 28.2 Å². The van der Waals surface area contributed by atoms with Gasteiger partial charge in [0.1, 0.15) is 0 Å². The van der Waals surface area contributed by atoms with Crippen molar-refractivity contribution in [3.63, 3.8) is 0 Å². The fraction of sp³-hybridized carbons (Fsp3) is 0.571. The number of aryl methyl sites for hydroxylation is 1. The van der Waals surface area contributed by atoms with Crippen molar-refractivity contribution in [2.45, 2.75) is 30.8 Å². The first-order chi connectivity index (χ1) is 9.39. The summed E-state index contributed by atoms with van der Waals surface area (Å²) >= 11 is 3.35. The summed E-state index contributed by atoms with van der Waals surface area (Å²) in [6, 6.07) is 5.28. The lowest BCUT2D eigenvalue weighted by Crippen LogP contribution is -2.31. The first kappa shape index (κ1) is 14.5. The summed E-state index contributed by atoms with van der Waals surface area (Å²) in [5.74, 6) is 0.415. The standard InChI is InChI=1S/C14H18BrNO3S/c1-9-2-5-14(12(15)6-9)20(18,19)16-7-10-3-4-13(17)11(10)8-16/h2,5-6,10-11,13,17H,3-4,7-8H2,1H3. The van der Waals surface area contributed by atoms with Crippen LogP contribution in [0.25, 0.3) is 0 Å². The Labute approximate surface area is 128 Å². The molecule has 4 nitrogen and oxygen atoms in total. The Morgan fingerprint density at radius 3 is 2.70 bits per heavy atom. The molecule has 110 valence electrons. The Morgan fingerprint density at radius 2 is 2.05 bits per heavy atom. The van der Waals surface area contributed by atoms with E-state index in [2.05, 4.69) is 15.9 Å². The van der Waals surface area contributed by atoms with Crippen molar-refractivity contribution < 1.29 is 13.5 Å². The maximum Gasteiger partial charge on any atom is 0.244 e. The first-order valence-electron chi connectivity index (χ1n) is 6.84. The number of fused-ring (bicyclic) bond motifs is 1. The first-order valence-corrected chi connectivity index (χ1v) is 9.07. The van der Waals surface area contributed by atoms with E-state index >= 15 is 0 Å². The number of hydrogen-bond acceptors (Lipinski definition) is 3. The summed E-state index contributed by atoms with van der Waals surface area (Å²) in [4.78, 5) is 0.317. The Bertz CT molecular complexity index is 631. The third-order valence-corrected chi connectivity index (χ3v) is 7.30. The quantitative estimate of drug-likeness (QED) is 0.879. The van der Waals surface area contributed by atoms with Gasteiger partial charge in [-0.15, -0.1) is 0 Å². The smallest absolute Gasteiger partial charge is 0.244 e. The van der Waals surface area contributed by atoms with Crippen LogP contribution in [0.1, 0.15) is 18.4 Å². The SMILES string of the molecule is Cc1ccc(S(=O)(=O)N2CC3CCC(O)C3C2)c(Br)c1. The van der Waals surface area contributed by atoms with E-state index in [9.17, 15) is 13.5 Å². The molecule has 0 radical (unpaired) electrons. The van der Waals surface area contributed by atoms with Gasteiger partial charge in [0.05, 0.1) is 11.0 Å². The van der Waals surface area contributed by atoms with Crippen molar-refractivity contribution in [1.29, 1.82) is 0 Å². The van der Waals surface area contributed by atoms with Crippen LogP contribution in [0.2, 0.25) is 0 Å². The second kappa shape index (κ2) is 5.09. The van der Waals surface area contributed by atoms with E-state index in [0.29, 0.717) is 28.4 Å². The van der Waals surface area contributed by atoms with E-state index in [1.165, 1.54) is 4.31 Å². The molecule has 1 N–H and O–H groups in total. The number of halogens is 1. The Kier molecular flexibility index (Phi) is 3.69. The summed E-state index contributed by atoms with van der Waals surface area (Å²) in [6.07, 6.45) is 1.38. The van der Waals surface area contributed by atoms with Gasteiger partial charge >= 0.3 is 0 Å². The zero-order chi connectivity index (χ0) is 14.5. The van der Waals surface area contributed by atoms with Gasteiger partial charge in [0, 0.05) is 23.5 Å². The molecule has 3 rings (SSSR count). The highest BCUT2D eigenvalue weighted by Gasteiger charge is 2.46. The zero-order valence-corrected chi connectivity index (χ0v) is 13.7. The molecular formula is C14H18BrNO3S. The van der Waals surface area contributed by atoms with Crippen LogP contribution in [0.4, 0.5) is 0 Å². The van der Waals surface area contributed by atoms with Crippen molar-refractivity contribution in [1.82, 2.24) is 4.31 Å². The highest BCUT2D eigenvalue weighted by molar-refractivity contribution is 9.10. The van der Waals surface area contributed by atoms with Gasteiger partial charge in [-0.2, -0.15) is 4.31 Å². The van der Waals surface area contributed by atoms with Crippen molar-refractivity contribution in [3.8, 4) is 0 Å². The lowest BCUT2D eigenvalue weighted by Gasteiger charge is -2.19. The van der Waals surface area contributed by atoms with Crippen LogP contribution in [0.5, 0.6) is 0 Å². The number of hydrogen-bond donors (Lipinski definition) is 1. The number of aliphatic hydroxyl groups excluding tert-OH is 1. The molecule has 1 aromatic rings. The van der Waals surface area contributed by atoms with Gasteiger partial charge in [0.2, 0.25) is 10.0 Å². The minimum atomic E-state index is -3.48. The summed E-state index contributed by atoms with van der Waals surface area (Å²) in [7, 11) is -3.48. The van der Waals surface area contributed by atoms with Crippen molar-refractivity contribution in [2.75, 3.05) is 13.1 Å². The molecule has 2 fully saturated rings. The van der Waals surface area contributed by atoms with Gasteiger partial charge in [-0.25, -0.2) is 8.42 Å². The Morgan fingerprint density at radius 1 is 1.30 bits per heavy atom. The lowest BCUT2D eigenvalue weighted by atomic mass is 10.00. The molecule has 1 aliphatic heterocycles. The van der Waals surface area contributed by atoms with Crippen molar-refractivity contribution >= 4 is 26.0 Å². The number of aliphatic hydroxyl groups is 1. The van der Waals surface area contributed by atoms with Gasteiger partial charge in [-0.05, 0) is 59.3 Å². The van der Waals surface area contributed by atoms with Crippen molar-refractivity contribution in [2.24, 2.45) is 11.8 Å². The second-order valence-corrected chi connectivity index (χ2v) is 8.59. The van der Waals surface area contributed by atoms with E-state index < -0.39 is 10.0 Å². The summed E-state index contributed by atoms with van der Waals surface area (Å²) in [6.45, 7) is 2.90. The largest absolute Gasteiger partial charge is 0.393 e. The normalized spacial score (nSPS) is 30.6.